The molecule has 0 aliphatic carbocycles. The molecular formula is C20H29FN6. The maximum Gasteiger partial charge on any atom is 0.191 e. The van der Waals surface area contributed by atoms with E-state index in [-0.39, 0.29) is 5.82 Å². The number of imidazole rings is 1. The van der Waals surface area contributed by atoms with Crippen LogP contribution in [0.5, 0.6) is 0 Å². The second-order valence-electron chi connectivity index (χ2n) is 6.76. The van der Waals surface area contributed by atoms with Crippen LogP contribution in [0.15, 0.2) is 41.9 Å². The van der Waals surface area contributed by atoms with Crippen molar-refractivity contribution in [3.63, 3.8) is 0 Å². The van der Waals surface area contributed by atoms with Crippen molar-refractivity contribution in [2.45, 2.75) is 39.3 Å². The third-order valence-electron chi connectivity index (χ3n) is 4.97. The number of aromatic nitrogens is 2. The van der Waals surface area contributed by atoms with E-state index in [0.717, 1.165) is 31.2 Å². The van der Waals surface area contributed by atoms with E-state index < -0.39 is 0 Å². The zero-order valence-electron chi connectivity index (χ0n) is 16.2. The maximum absolute atomic E-state index is 14.4. The van der Waals surface area contributed by atoms with E-state index in [1.165, 1.54) is 25.5 Å². The largest absolute Gasteiger partial charge is 0.357 e. The lowest BCUT2D eigenvalue weighted by Gasteiger charge is -2.24. The van der Waals surface area contributed by atoms with Gasteiger partial charge in [0.25, 0.3) is 0 Å². The lowest BCUT2D eigenvalue weighted by atomic mass is 10.2. The quantitative estimate of drug-likeness (QED) is 0.579. The second kappa shape index (κ2) is 9.50. The van der Waals surface area contributed by atoms with Crippen LogP contribution in [0.25, 0.3) is 5.69 Å². The highest BCUT2D eigenvalue weighted by atomic mass is 19.1. The van der Waals surface area contributed by atoms with Crippen LogP contribution in [0.1, 0.15) is 32.3 Å². The third-order valence-corrected chi connectivity index (χ3v) is 4.97. The van der Waals surface area contributed by atoms with Crippen LogP contribution in [-0.4, -0.2) is 52.6 Å². The van der Waals surface area contributed by atoms with Crippen molar-refractivity contribution < 1.29 is 4.39 Å². The highest BCUT2D eigenvalue weighted by molar-refractivity contribution is 5.79. The SMILES string of the molecule is CCNC(=NCc1ccc(-n2ccnc2)c(F)c1)NCC1CCCN1CC. The Bertz CT molecular complexity index is 743. The molecule has 27 heavy (non-hydrogen) atoms. The van der Waals surface area contributed by atoms with Gasteiger partial charge in [-0.05, 0) is 50.6 Å². The topological polar surface area (TPSA) is 57.5 Å². The number of rotatable bonds is 7. The Balaban J connectivity index is 1.61. The van der Waals surface area contributed by atoms with E-state index in [9.17, 15) is 4.39 Å². The van der Waals surface area contributed by atoms with Crippen LogP contribution < -0.4 is 10.6 Å². The van der Waals surface area contributed by atoms with Crippen LogP contribution in [0, 0.1) is 5.82 Å². The molecule has 1 fully saturated rings. The van der Waals surface area contributed by atoms with E-state index in [4.69, 9.17) is 0 Å². The van der Waals surface area contributed by atoms with E-state index in [2.05, 4.69) is 32.4 Å². The number of nitrogens with zero attached hydrogens (tertiary/aromatic N) is 4. The van der Waals surface area contributed by atoms with Gasteiger partial charge in [0.15, 0.2) is 5.96 Å². The fourth-order valence-corrected chi connectivity index (χ4v) is 3.53. The Morgan fingerprint density at radius 2 is 2.22 bits per heavy atom. The molecule has 1 aromatic carbocycles. The van der Waals surface area contributed by atoms with Crippen molar-refractivity contribution in [2.24, 2.45) is 4.99 Å². The molecule has 2 aromatic rings. The van der Waals surface area contributed by atoms with Gasteiger partial charge in [0.05, 0.1) is 18.6 Å². The first kappa shape index (κ1) is 19.4. The van der Waals surface area contributed by atoms with Crippen molar-refractivity contribution in [1.29, 1.82) is 0 Å². The molecule has 0 spiro atoms. The van der Waals surface area contributed by atoms with Gasteiger partial charge in [-0.15, -0.1) is 0 Å². The Hall–Kier alpha value is -2.41. The molecule has 3 rings (SSSR count). The molecule has 1 unspecified atom stereocenters. The molecule has 2 N–H and O–H groups in total. The van der Waals surface area contributed by atoms with Crippen LogP contribution in [0.3, 0.4) is 0 Å². The fraction of sp³-hybridized carbons (Fsp3) is 0.500. The summed E-state index contributed by atoms with van der Waals surface area (Å²) in [6.45, 7) is 8.63. The zero-order valence-corrected chi connectivity index (χ0v) is 16.2. The highest BCUT2D eigenvalue weighted by Crippen LogP contribution is 2.16. The van der Waals surface area contributed by atoms with Crippen molar-refractivity contribution in [1.82, 2.24) is 25.1 Å². The van der Waals surface area contributed by atoms with Crippen LogP contribution >= 0.6 is 0 Å². The number of hydrogen-bond acceptors (Lipinski definition) is 3. The molecule has 0 radical (unpaired) electrons. The molecule has 6 nitrogen and oxygen atoms in total. The summed E-state index contributed by atoms with van der Waals surface area (Å²) in [5, 5.41) is 6.71. The lowest BCUT2D eigenvalue weighted by Crippen LogP contribution is -2.44. The van der Waals surface area contributed by atoms with Crippen molar-refractivity contribution in [3.8, 4) is 5.69 Å². The molecule has 7 heteroatoms. The first-order valence-corrected chi connectivity index (χ1v) is 9.74. The third kappa shape index (κ3) is 5.07. The smallest absolute Gasteiger partial charge is 0.191 e. The number of hydrogen-bond donors (Lipinski definition) is 2. The summed E-state index contributed by atoms with van der Waals surface area (Å²) in [5.74, 6) is 0.503. The number of halogens is 1. The summed E-state index contributed by atoms with van der Waals surface area (Å²) in [5.41, 5.74) is 1.33. The average Bonchev–Trinajstić information content (AvgIpc) is 3.35. The Morgan fingerprint density at radius 3 is 2.93 bits per heavy atom. The summed E-state index contributed by atoms with van der Waals surface area (Å²) in [7, 11) is 0. The van der Waals surface area contributed by atoms with Gasteiger partial charge in [-0.3, -0.25) is 4.90 Å². The number of benzene rings is 1. The van der Waals surface area contributed by atoms with Gasteiger partial charge in [0.2, 0.25) is 0 Å². The van der Waals surface area contributed by atoms with Gasteiger partial charge in [-0.1, -0.05) is 13.0 Å². The predicted octanol–water partition coefficient (Wildman–Crippen LogP) is 2.55. The standard InChI is InChI=1S/C20H29FN6/c1-3-23-20(25-14-17-6-5-10-26(17)4-2)24-13-16-7-8-19(18(21)12-16)27-11-9-22-15-27/h7-9,11-12,15,17H,3-6,10,13-14H2,1-2H3,(H2,23,24,25). The van der Waals surface area contributed by atoms with Gasteiger partial charge in [-0.2, -0.15) is 0 Å². The van der Waals surface area contributed by atoms with E-state index >= 15 is 0 Å². The molecule has 1 aromatic heterocycles. The van der Waals surface area contributed by atoms with Crippen LogP contribution in [0.2, 0.25) is 0 Å². The molecule has 1 aliphatic heterocycles. The minimum Gasteiger partial charge on any atom is -0.357 e. The van der Waals surface area contributed by atoms with Gasteiger partial charge in [0.1, 0.15) is 5.82 Å². The Morgan fingerprint density at radius 1 is 1.33 bits per heavy atom. The normalized spacial score (nSPS) is 18.0. The summed E-state index contributed by atoms with van der Waals surface area (Å²) < 4.78 is 16.0. The molecular weight excluding hydrogens is 343 g/mol. The first-order valence-electron chi connectivity index (χ1n) is 9.74. The average molecular weight is 372 g/mol. The summed E-state index contributed by atoms with van der Waals surface area (Å²) in [6.07, 6.45) is 7.44. The molecule has 1 saturated heterocycles. The monoisotopic (exact) mass is 372 g/mol. The molecule has 146 valence electrons. The molecule has 1 atom stereocenters. The number of likely N-dealkylation sites (N-methyl/N-ethyl adjacent to an activating group) is 1. The second-order valence-corrected chi connectivity index (χ2v) is 6.76. The first-order chi connectivity index (χ1) is 13.2. The number of aliphatic imine (C=N–C) groups is 1. The highest BCUT2D eigenvalue weighted by Gasteiger charge is 2.22. The molecule has 0 amide bonds. The van der Waals surface area contributed by atoms with E-state index in [1.54, 1.807) is 29.4 Å². The molecule has 0 bridgehead atoms. The van der Waals surface area contributed by atoms with Gasteiger partial charge >= 0.3 is 0 Å². The lowest BCUT2D eigenvalue weighted by molar-refractivity contribution is 0.267. The fourth-order valence-electron chi connectivity index (χ4n) is 3.53. The molecule has 2 heterocycles. The number of guanidine groups is 1. The minimum atomic E-state index is -0.275. The minimum absolute atomic E-state index is 0.275. The predicted molar refractivity (Wildman–Crippen MR) is 107 cm³/mol. The molecule has 0 saturated carbocycles. The Labute approximate surface area is 160 Å². The van der Waals surface area contributed by atoms with Crippen LogP contribution in [0.4, 0.5) is 4.39 Å². The van der Waals surface area contributed by atoms with Gasteiger partial charge in [0, 0.05) is 31.5 Å². The molecule has 1 aliphatic rings. The van der Waals surface area contributed by atoms with Crippen molar-refractivity contribution >= 4 is 5.96 Å². The summed E-state index contributed by atoms with van der Waals surface area (Å²) in [4.78, 5) is 11.1. The van der Waals surface area contributed by atoms with Gasteiger partial charge in [-0.25, -0.2) is 14.4 Å². The maximum atomic E-state index is 14.4. The summed E-state index contributed by atoms with van der Waals surface area (Å²) in [6, 6.07) is 5.77. The van der Waals surface area contributed by atoms with Crippen molar-refractivity contribution in [3.05, 3.63) is 48.3 Å². The number of nitrogens with one attached hydrogen (secondary N) is 2. The summed E-state index contributed by atoms with van der Waals surface area (Å²) >= 11 is 0. The van der Waals surface area contributed by atoms with E-state index in [0.29, 0.717) is 18.3 Å². The van der Waals surface area contributed by atoms with Gasteiger partial charge < -0.3 is 15.2 Å². The van der Waals surface area contributed by atoms with Crippen LogP contribution in [-0.2, 0) is 6.54 Å². The number of likely N-dealkylation sites (tertiary alicyclic amines) is 1. The zero-order chi connectivity index (χ0) is 19.1. The van der Waals surface area contributed by atoms with Crippen molar-refractivity contribution in [2.75, 3.05) is 26.2 Å². The van der Waals surface area contributed by atoms with E-state index in [1.807, 2.05) is 13.0 Å². The Kier molecular flexibility index (Phi) is 6.81.